The molecule has 0 N–H and O–H groups in total. The van der Waals surface area contributed by atoms with Crippen LogP contribution in [0.4, 0.5) is 0 Å². The molecule has 0 aromatic heterocycles. The fraction of sp³-hybridized carbons (Fsp3) is 0.238. The highest BCUT2D eigenvalue weighted by molar-refractivity contribution is 6.44. The summed E-state index contributed by atoms with van der Waals surface area (Å²) in [6.45, 7) is 0.116. The molecule has 0 aliphatic rings. The minimum absolute atomic E-state index is 0.0293. The van der Waals surface area contributed by atoms with E-state index in [2.05, 4.69) is 5.16 Å². The Hall–Kier alpha value is -2.25. The van der Waals surface area contributed by atoms with E-state index in [0.29, 0.717) is 37.5 Å². The van der Waals surface area contributed by atoms with Crippen LogP contribution in [0.5, 0.6) is 0 Å². The molecule has 0 spiro atoms. The molecule has 160 valence electrons. The van der Waals surface area contributed by atoms with Gasteiger partial charge in [0.05, 0.1) is 37.1 Å². The van der Waals surface area contributed by atoms with Crippen LogP contribution in [0.25, 0.3) is 5.57 Å². The van der Waals surface area contributed by atoms with Gasteiger partial charge >= 0.3 is 5.97 Å². The fourth-order valence-corrected chi connectivity index (χ4v) is 3.24. The normalized spacial score (nSPS) is 11.9. The maximum absolute atomic E-state index is 12.2. The van der Waals surface area contributed by atoms with E-state index in [1.54, 1.807) is 36.4 Å². The number of carbonyl (C=O) groups excluding carboxylic acids is 1. The Balaban J connectivity index is 2.37. The van der Waals surface area contributed by atoms with Crippen LogP contribution in [0.15, 0.2) is 47.8 Å². The summed E-state index contributed by atoms with van der Waals surface area (Å²) < 4.78 is 15.0. The van der Waals surface area contributed by atoms with Crippen molar-refractivity contribution < 1.29 is 23.8 Å². The summed E-state index contributed by atoms with van der Waals surface area (Å²) in [6, 6.07) is 10.3. The highest BCUT2D eigenvalue weighted by atomic mass is 35.5. The number of rotatable bonds is 9. The second-order valence-corrected chi connectivity index (χ2v) is 7.06. The molecule has 0 amide bonds. The minimum Gasteiger partial charge on any atom is -0.503 e. The number of halogens is 3. The van der Waals surface area contributed by atoms with Crippen LogP contribution >= 0.6 is 34.8 Å². The van der Waals surface area contributed by atoms with E-state index in [9.17, 15) is 4.79 Å². The molecule has 0 radical (unpaired) electrons. The molecule has 2 rings (SSSR count). The Labute approximate surface area is 189 Å². The predicted molar refractivity (Wildman–Crippen MR) is 118 cm³/mol. The van der Waals surface area contributed by atoms with Gasteiger partial charge in [-0.05, 0) is 12.1 Å². The molecule has 0 atom stereocenters. The SMILES string of the molecule is CO/C=C(/C(=O)OC)c1cccc(Cl)c1CO/N=C(\COC)c1cccc(Cl)c1Cl. The van der Waals surface area contributed by atoms with Crippen molar-refractivity contribution in [1.82, 2.24) is 0 Å². The maximum atomic E-state index is 12.2. The Morgan fingerprint density at radius 3 is 2.30 bits per heavy atom. The van der Waals surface area contributed by atoms with Crippen molar-refractivity contribution in [3.8, 4) is 0 Å². The number of hydrogen-bond acceptors (Lipinski definition) is 6. The second kappa shape index (κ2) is 11.8. The van der Waals surface area contributed by atoms with E-state index in [1.807, 2.05) is 0 Å². The molecule has 30 heavy (non-hydrogen) atoms. The Kier molecular flexibility index (Phi) is 9.46. The molecule has 9 heteroatoms. The van der Waals surface area contributed by atoms with Gasteiger partial charge in [0.1, 0.15) is 17.9 Å². The summed E-state index contributed by atoms with van der Waals surface area (Å²) in [5, 5.41) is 5.28. The number of nitrogens with zero attached hydrogens (tertiary/aromatic N) is 1. The summed E-state index contributed by atoms with van der Waals surface area (Å²) in [7, 11) is 4.24. The van der Waals surface area contributed by atoms with Crippen LogP contribution in [0, 0.1) is 0 Å². The van der Waals surface area contributed by atoms with Crippen molar-refractivity contribution in [1.29, 1.82) is 0 Å². The van der Waals surface area contributed by atoms with Crippen molar-refractivity contribution in [2.24, 2.45) is 5.16 Å². The second-order valence-electron chi connectivity index (χ2n) is 5.87. The fourth-order valence-electron chi connectivity index (χ4n) is 2.60. The van der Waals surface area contributed by atoms with Crippen molar-refractivity contribution in [2.75, 3.05) is 27.9 Å². The lowest BCUT2D eigenvalue weighted by Gasteiger charge is -2.13. The van der Waals surface area contributed by atoms with Crippen molar-refractivity contribution in [2.45, 2.75) is 6.61 Å². The lowest BCUT2D eigenvalue weighted by molar-refractivity contribution is -0.133. The number of oxime groups is 1. The number of esters is 1. The predicted octanol–water partition coefficient (Wildman–Crippen LogP) is 5.37. The van der Waals surface area contributed by atoms with Gasteiger partial charge in [-0.3, -0.25) is 0 Å². The standard InChI is InChI=1S/C21H20Cl3NO5/c1-27-10-16(21(26)29-3)13-6-4-8-17(22)15(13)11-30-25-19(12-28-2)14-7-5-9-18(23)20(14)24/h4-10H,11-12H2,1-3H3/b16-10+,25-19+. The largest absolute Gasteiger partial charge is 0.503 e. The number of hydrogen-bond donors (Lipinski definition) is 0. The highest BCUT2D eigenvalue weighted by Gasteiger charge is 2.19. The van der Waals surface area contributed by atoms with Crippen LogP contribution in [0.3, 0.4) is 0 Å². The Bertz CT molecular complexity index is 960. The van der Waals surface area contributed by atoms with E-state index >= 15 is 0 Å². The number of methoxy groups -OCH3 is 3. The summed E-state index contributed by atoms with van der Waals surface area (Å²) >= 11 is 18.7. The summed E-state index contributed by atoms with van der Waals surface area (Å²) in [5.41, 5.74) is 2.25. The first-order chi connectivity index (χ1) is 14.4. The van der Waals surface area contributed by atoms with Gasteiger partial charge in [-0.1, -0.05) is 64.2 Å². The molecule has 2 aromatic rings. The summed E-state index contributed by atoms with van der Waals surface area (Å²) in [4.78, 5) is 17.7. The zero-order chi connectivity index (χ0) is 22.1. The van der Waals surface area contributed by atoms with E-state index in [1.165, 1.54) is 27.6 Å². The van der Waals surface area contributed by atoms with E-state index in [-0.39, 0.29) is 18.8 Å². The maximum Gasteiger partial charge on any atom is 0.341 e. The van der Waals surface area contributed by atoms with Crippen molar-refractivity contribution >= 4 is 52.1 Å². The number of carbonyl (C=O) groups is 1. The molecule has 0 bridgehead atoms. The van der Waals surface area contributed by atoms with Gasteiger partial charge in [-0.15, -0.1) is 0 Å². The molecular weight excluding hydrogens is 453 g/mol. The lowest BCUT2D eigenvalue weighted by Crippen LogP contribution is -2.11. The number of benzene rings is 2. The zero-order valence-corrected chi connectivity index (χ0v) is 18.8. The van der Waals surface area contributed by atoms with E-state index < -0.39 is 5.97 Å². The van der Waals surface area contributed by atoms with E-state index in [4.69, 9.17) is 53.9 Å². The molecule has 6 nitrogen and oxygen atoms in total. The topological polar surface area (TPSA) is 66.4 Å². The van der Waals surface area contributed by atoms with Crippen LogP contribution in [-0.4, -0.2) is 39.6 Å². The van der Waals surface area contributed by atoms with Crippen molar-refractivity contribution in [3.63, 3.8) is 0 Å². The van der Waals surface area contributed by atoms with Crippen LogP contribution in [-0.2, 0) is 30.4 Å². The summed E-state index contributed by atoms with van der Waals surface area (Å²) in [5.74, 6) is -0.574. The van der Waals surface area contributed by atoms with Crippen LogP contribution in [0.2, 0.25) is 15.1 Å². The molecule has 2 aromatic carbocycles. The molecule has 0 heterocycles. The van der Waals surface area contributed by atoms with Crippen molar-refractivity contribution in [3.05, 3.63) is 74.4 Å². The first-order valence-electron chi connectivity index (χ1n) is 8.65. The third-order valence-corrected chi connectivity index (χ3v) is 5.15. The highest BCUT2D eigenvalue weighted by Crippen LogP contribution is 2.29. The van der Waals surface area contributed by atoms with Crippen LogP contribution in [0.1, 0.15) is 16.7 Å². The average Bonchev–Trinajstić information content (AvgIpc) is 2.74. The molecule has 0 saturated heterocycles. The van der Waals surface area contributed by atoms with Gasteiger partial charge in [0.25, 0.3) is 0 Å². The summed E-state index contributed by atoms with van der Waals surface area (Å²) in [6.07, 6.45) is 1.28. The molecule has 0 aliphatic heterocycles. The molecule has 0 unspecified atom stereocenters. The van der Waals surface area contributed by atoms with Gasteiger partial charge in [-0.2, -0.15) is 0 Å². The number of ether oxygens (including phenoxy) is 3. The quantitative estimate of drug-likeness (QED) is 0.161. The van der Waals surface area contributed by atoms with Gasteiger partial charge in [0.2, 0.25) is 0 Å². The van der Waals surface area contributed by atoms with Crippen LogP contribution < -0.4 is 0 Å². The zero-order valence-electron chi connectivity index (χ0n) is 16.6. The first kappa shape index (κ1) is 24.0. The minimum atomic E-state index is -0.574. The van der Waals surface area contributed by atoms with Gasteiger partial charge < -0.3 is 19.0 Å². The Morgan fingerprint density at radius 2 is 1.67 bits per heavy atom. The monoisotopic (exact) mass is 471 g/mol. The van der Waals surface area contributed by atoms with E-state index in [0.717, 1.165) is 0 Å². The smallest absolute Gasteiger partial charge is 0.341 e. The average molecular weight is 473 g/mol. The van der Waals surface area contributed by atoms with Gasteiger partial charge in [0, 0.05) is 28.8 Å². The third-order valence-electron chi connectivity index (χ3n) is 3.98. The lowest BCUT2D eigenvalue weighted by atomic mass is 10.0. The van der Waals surface area contributed by atoms with Gasteiger partial charge in [-0.25, -0.2) is 4.79 Å². The molecule has 0 saturated carbocycles. The molecular formula is C21H20Cl3NO5. The Morgan fingerprint density at radius 1 is 1.00 bits per heavy atom. The molecule has 0 fully saturated rings. The first-order valence-corrected chi connectivity index (χ1v) is 9.79. The third kappa shape index (κ3) is 5.89. The molecule has 0 aliphatic carbocycles. The van der Waals surface area contributed by atoms with Gasteiger partial charge in [0.15, 0.2) is 0 Å².